The van der Waals surface area contributed by atoms with Crippen LogP contribution in [0.2, 0.25) is 0 Å². The van der Waals surface area contributed by atoms with Crippen LogP contribution >= 0.6 is 0 Å². The largest absolute Gasteiger partial charge is 0.479 e. The summed E-state index contributed by atoms with van der Waals surface area (Å²) in [5.74, 6) is 3.70. The number of aliphatic carboxylic acids is 1. The lowest BCUT2D eigenvalue weighted by molar-refractivity contribution is -0.146. The molecule has 0 aromatic heterocycles. The van der Waals surface area contributed by atoms with Crippen LogP contribution in [0.3, 0.4) is 0 Å². The molecule has 6 heteroatoms. The molecule has 0 amide bonds. The number of rotatable bonds is 4. The van der Waals surface area contributed by atoms with Crippen LogP contribution in [0.5, 0.6) is 0 Å². The number of nitrogens with one attached hydrogen (secondary N) is 1. The van der Waals surface area contributed by atoms with Gasteiger partial charge in [-0.1, -0.05) is 12.1 Å². The van der Waals surface area contributed by atoms with Gasteiger partial charge in [-0.05, 0) is 6.07 Å². The van der Waals surface area contributed by atoms with Crippen molar-refractivity contribution < 1.29 is 19.8 Å². The van der Waals surface area contributed by atoms with Crippen LogP contribution in [0.15, 0.2) is 18.2 Å². The van der Waals surface area contributed by atoms with Crippen molar-refractivity contribution in [2.75, 3.05) is 5.43 Å². The van der Waals surface area contributed by atoms with Gasteiger partial charge in [0.25, 0.3) is 0 Å². The molecule has 1 atom stereocenters. The second-order valence-electron chi connectivity index (χ2n) is 2.81. The zero-order valence-corrected chi connectivity index (χ0v) is 7.68. The Bertz CT molecular complexity index is 392. The number of nitrogens with two attached hydrogens (primary N) is 1. The minimum atomic E-state index is -1.78. The van der Waals surface area contributed by atoms with E-state index in [0.717, 1.165) is 0 Å². The van der Waals surface area contributed by atoms with Gasteiger partial charge >= 0.3 is 5.97 Å². The first-order valence-electron chi connectivity index (χ1n) is 4.07. The van der Waals surface area contributed by atoms with Crippen molar-refractivity contribution in [2.24, 2.45) is 5.84 Å². The fraction of sp³-hybridized carbons (Fsp3) is 0.111. The number of aliphatic hydroxyl groups is 1. The Balaban J connectivity index is 3.33. The van der Waals surface area contributed by atoms with Crippen LogP contribution in [-0.4, -0.2) is 22.5 Å². The van der Waals surface area contributed by atoms with E-state index in [9.17, 15) is 14.7 Å². The number of hydrazine groups is 1. The van der Waals surface area contributed by atoms with Crippen molar-refractivity contribution in [3.8, 4) is 0 Å². The van der Waals surface area contributed by atoms with Gasteiger partial charge in [0, 0.05) is 11.1 Å². The van der Waals surface area contributed by atoms with Crippen LogP contribution < -0.4 is 11.3 Å². The summed E-state index contributed by atoms with van der Waals surface area (Å²) in [7, 11) is 0. The molecular formula is C9H10N2O4. The highest BCUT2D eigenvalue weighted by atomic mass is 16.4. The van der Waals surface area contributed by atoms with Crippen molar-refractivity contribution in [3.63, 3.8) is 0 Å². The third kappa shape index (κ3) is 2.12. The third-order valence-corrected chi connectivity index (χ3v) is 1.93. The van der Waals surface area contributed by atoms with Crippen LogP contribution in [0.1, 0.15) is 22.0 Å². The molecule has 1 rings (SSSR count). The van der Waals surface area contributed by atoms with Crippen LogP contribution in [0, 0.1) is 0 Å². The molecule has 0 saturated heterocycles. The number of benzene rings is 1. The van der Waals surface area contributed by atoms with Gasteiger partial charge in [0.15, 0.2) is 12.4 Å². The molecule has 0 aliphatic rings. The number of anilines is 1. The number of nitrogen functional groups attached to an aromatic ring is 1. The maximum atomic E-state index is 10.6. The first-order valence-corrected chi connectivity index (χ1v) is 4.07. The van der Waals surface area contributed by atoms with E-state index in [-0.39, 0.29) is 16.8 Å². The molecule has 0 aliphatic carbocycles. The summed E-state index contributed by atoms with van der Waals surface area (Å²) in [6, 6.07) is 4.39. The first kappa shape index (κ1) is 11.2. The quantitative estimate of drug-likeness (QED) is 0.313. The standard InChI is InChI=1S/C9H10N2O4/c10-11-6-3-1-2-5(4-12)7(6)8(13)9(14)15/h1-4,8,11,13H,10H2,(H,14,15). The van der Waals surface area contributed by atoms with E-state index in [1.54, 1.807) is 0 Å². The first-order chi connectivity index (χ1) is 7.11. The molecule has 0 radical (unpaired) electrons. The molecule has 0 saturated carbocycles. The minimum Gasteiger partial charge on any atom is -0.479 e. The van der Waals surface area contributed by atoms with Gasteiger partial charge < -0.3 is 15.6 Å². The number of hydrogen-bond acceptors (Lipinski definition) is 5. The molecular weight excluding hydrogens is 200 g/mol. The summed E-state index contributed by atoms with van der Waals surface area (Å²) in [5.41, 5.74) is 2.47. The smallest absolute Gasteiger partial charge is 0.337 e. The van der Waals surface area contributed by atoms with Crippen LogP contribution in [0.25, 0.3) is 0 Å². The molecule has 80 valence electrons. The Morgan fingerprint density at radius 3 is 2.67 bits per heavy atom. The van der Waals surface area contributed by atoms with E-state index in [1.165, 1.54) is 18.2 Å². The van der Waals surface area contributed by atoms with Crippen molar-refractivity contribution in [3.05, 3.63) is 29.3 Å². The monoisotopic (exact) mass is 210 g/mol. The number of aliphatic hydroxyl groups excluding tert-OH is 1. The molecule has 0 spiro atoms. The molecule has 15 heavy (non-hydrogen) atoms. The van der Waals surface area contributed by atoms with E-state index in [4.69, 9.17) is 10.9 Å². The maximum Gasteiger partial charge on any atom is 0.337 e. The summed E-state index contributed by atoms with van der Waals surface area (Å²) in [6.45, 7) is 0. The second-order valence-corrected chi connectivity index (χ2v) is 2.81. The highest BCUT2D eigenvalue weighted by Crippen LogP contribution is 2.25. The Labute approximate surface area is 85.3 Å². The van der Waals surface area contributed by atoms with Gasteiger partial charge in [-0.2, -0.15) is 0 Å². The number of hydrogen-bond donors (Lipinski definition) is 4. The number of carboxylic acid groups (broad SMARTS) is 1. The van der Waals surface area contributed by atoms with E-state index < -0.39 is 12.1 Å². The summed E-state index contributed by atoms with van der Waals surface area (Å²) in [6.07, 6.45) is -1.32. The molecule has 1 unspecified atom stereocenters. The lowest BCUT2D eigenvalue weighted by Gasteiger charge is -2.13. The number of aldehydes is 1. The van der Waals surface area contributed by atoms with Gasteiger partial charge in [0.1, 0.15) is 0 Å². The van der Waals surface area contributed by atoms with Gasteiger partial charge in [0.2, 0.25) is 0 Å². The van der Waals surface area contributed by atoms with Gasteiger partial charge in [0.05, 0.1) is 5.69 Å². The predicted molar refractivity (Wildman–Crippen MR) is 52.2 cm³/mol. The Kier molecular flexibility index (Phi) is 3.37. The SMILES string of the molecule is NNc1cccc(C=O)c1C(O)C(=O)O. The normalized spacial score (nSPS) is 11.9. The molecule has 0 fully saturated rings. The van der Waals surface area contributed by atoms with Gasteiger partial charge in [-0.25, -0.2) is 4.79 Å². The Morgan fingerprint density at radius 1 is 1.53 bits per heavy atom. The molecule has 0 bridgehead atoms. The average molecular weight is 210 g/mol. The number of carboxylic acids is 1. The lowest BCUT2D eigenvalue weighted by Crippen LogP contribution is -2.17. The maximum absolute atomic E-state index is 10.6. The zero-order valence-electron chi connectivity index (χ0n) is 7.68. The van der Waals surface area contributed by atoms with E-state index in [2.05, 4.69) is 5.43 Å². The topological polar surface area (TPSA) is 113 Å². The predicted octanol–water partition coefficient (Wildman–Crippen LogP) is -0.0973. The van der Waals surface area contributed by atoms with Crippen molar-refractivity contribution in [1.82, 2.24) is 0 Å². The number of carbonyl (C=O) groups excluding carboxylic acids is 1. The van der Waals surface area contributed by atoms with Crippen LogP contribution in [-0.2, 0) is 4.79 Å². The fourth-order valence-electron chi connectivity index (χ4n) is 1.24. The Hall–Kier alpha value is -1.92. The number of carbonyl (C=O) groups is 2. The lowest BCUT2D eigenvalue weighted by atomic mass is 10.0. The molecule has 6 nitrogen and oxygen atoms in total. The van der Waals surface area contributed by atoms with Crippen LogP contribution in [0.4, 0.5) is 5.69 Å². The molecule has 5 N–H and O–H groups in total. The van der Waals surface area contributed by atoms with E-state index in [1.807, 2.05) is 0 Å². The highest BCUT2D eigenvalue weighted by Gasteiger charge is 2.22. The summed E-state index contributed by atoms with van der Waals surface area (Å²) in [4.78, 5) is 21.3. The average Bonchev–Trinajstić information content (AvgIpc) is 2.26. The molecule has 0 heterocycles. The van der Waals surface area contributed by atoms with Gasteiger partial charge in [-0.15, -0.1) is 0 Å². The van der Waals surface area contributed by atoms with E-state index >= 15 is 0 Å². The summed E-state index contributed by atoms with van der Waals surface area (Å²) >= 11 is 0. The molecule has 0 aliphatic heterocycles. The van der Waals surface area contributed by atoms with Crippen molar-refractivity contribution >= 4 is 17.9 Å². The van der Waals surface area contributed by atoms with Gasteiger partial charge in [-0.3, -0.25) is 10.6 Å². The van der Waals surface area contributed by atoms with Crippen molar-refractivity contribution in [2.45, 2.75) is 6.10 Å². The zero-order chi connectivity index (χ0) is 11.4. The molecule has 1 aromatic rings. The summed E-state index contributed by atoms with van der Waals surface area (Å²) in [5, 5.41) is 18.0. The Morgan fingerprint density at radius 2 is 2.20 bits per heavy atom. The summed E-state index contributed by atoms with van der Waals surface area (Å²) < 4.78 is 0. The molecule has 1 aromatic carbocycles. The highest BCUT2D eigenvalue weighted by molar-refractivity contribution is 5.86. The third-order valence-electron chi connectivity index (χ3n) is 1.93. The fourth-order valence-corrected chi connectivity index (χ4v) is 1.24. The minimum absolute atomic E-state index is 0.0394. The second kappa shape index (κ2) is 4.54. The van der Waals surface area contributed by atoms with Crippen molar-refractivity contribution in [1.29, 1.82) is 0 Å². The van der Waals surface area contributed by atoms with E-state index in [0.29, 0.717) is 6.29 Å².